The summed E-state index contributed by atoms with van der Waals surface area (Å²) >= 11 is 2.71. The Morgan fingerprint density at radius 2 is 1.90 bits per heavy atom. The number of thiazole rings is 1. The van der Waals surface area contributed by atoms with Crippen molar-refractivity contribution in [3.8, 4) is 0 Å². The van der Waals surface area contributed by atoms with Crippen LogP contribution in [-0.4, -0.2) is 65.6 Å². The Bertz CT molecular complexity index is 1070. The number of benzene rings is 1. The van der Waals surface area contributed by atoms with E-state index in [9.17, 15) is 14.4 Å². The average Bonchev–Trinajstić information content (AvgIpc) is 3.41. The molecule has 1 aliphatic heterocycles. The van der Waals surface area contributed by atoms with Gasteiger partial charge in [0.2, 0.25) is 5.91 Å². The number of hydrogen-bond acceptors (Lipinski definition) is 7. The van der Waals surface area contributed by atoms with Gasteiger partial charge in [-0.25, -0.2) is 4.98 Å². The molecule has 30 heavy (non-hydrogen) atoms. The smallest absolute Gasteiger partial charge is 0.253 e. The van der Waals surface area contributed by atoms with Crippen LogP contribution in [0.15, 0.2) is 35.7 Å². The van der Waals surface area contributed by atoms with Gasteiger partial charge in [-0.15, -0.1) is 11.3 Å². The molecule has 0 atom stereocenters. The van der Waals surface area contributed by atoms with Crippen LogP contribution >= 0.6 is 22.7 Å². The van der Waals surface area contributed by atoms with Gasteiger partial charge in [0.25, 0.3) is 5.91 Å². The maximum atomic E-state index is 12.8. The molecular weight excluding hydrogens is 420 g/mol. The second-order valence-electron chi connectivity index (χ2n) is 7.25. The van der Waals surface area contributed by atoms with Crippen molar-refractivity contribution in [2.75, 3.05) is 38.5 Å². The lowest BCUT2D eigenvalue weighted by atomic mass is 10.1. The Morgan fingerprint density at radius 1 is 1.10 bits per heavy atom. The van der Waals surface area contributed by atoms with Gasteiger partial charge < -0.3 is 15.1 Å². The fourth-order valence-electron chi connectivity index (χ4n) is 3.27. The summed E-state index contributed by atoms with van der Waals surface area (Å²) in [6, 6.07) is 9.02. The summed E-state index contributed by atoms with van der Waals surface area (Å²) in [6.45, 7) is 3.20. The third kappa shape index (κ3) is 4.75. The van der Waals surface area contributed by atoms with Crippen molar-refractivity contribution in [1.29, 1.82) is 0 Å². The van der Waals surface area contributed by atoms with Gasteiger partial charge in [0, 0.05) is 44.6 Å². The monoisotopic (exact) mass is 442 g/mol. The molecule has 1 fully saturated rings. The number of amides is 2. The molecule has 0 bridgehead atoms. The fraction of sp³-hybridized carbons (Fsp3) is 0.333. The fourth-order valence-corrected chi connectivity index (χ4v) is 4.89. The summed E-state index contributed by atoms with van der Waals surface area (Å²) in [7, 11) is 2.05. The van der Waals surface area contributed by atoms with E-state index >= 15 is 0 Å². The molecule has 3 heterocycles. The maximum absolute atomic E-state index is 12.8. The summed E-state index contributed by atoms with van der Waals surface area (Å²) in [5, 5.41) is 5.09. The van der Waals surface area contributed by atoms with Gasteiger partial charge in [0.05, 0.1) is 15.1 Å². The number of hydrogen-bond donors (Lipinski definition) is 1. The lowest BCUT2D eigenvalue weighted by molar-refractivity contribution is -0.116. The molecule has 0 saturated carbocycles. The summed E-state index contributed by atoms with van der Waals surface area (Å²) < 4.78 is 0.847. The molecule has 1 N–H and O–H groups in total. The Morgan fingerprint density at radius 3 is 2.63 bits per heavy atom. The van der Waals surface area contributed by atoms with Crippen molar-refractivity contribution in [3.05, 3.63) is 46.2 Å². The molecule has 0 spiro atoms. The molecule has 1 aliphatic rings. The van der Waals surface area contributed by atoms with Gasteiger partial charge in [-0.05, 0) is 36.7 Å². The van der Waals surface area contributed by atoms with Gasteiger partial charge in [0.15, 0.2) is 10.9 Å². The lowest BCUT2D eigenvalue weighted by Gasteiger charge is -2.32. The van der Waals surface area contributed by atoms with Crippen LogP contribution < -0.4 is 5.32 Å². The van der Waals surface area contributed by atoms with E-state index in [1.54, 1.807) is 12.1 Å². The molecule has 156 valence electrons. The van der Waals surface area contributed by atoms with Crippen molar-refractivity contribution in [3.63, 3.8) is 0 Å². The van der Waals surface area contributed by atoms with Gasteiger partial charge in [0.1, 0.15) is 0 Å². The number of Topliss-reactive ketones (excluding diaryl/α,β-unsaturated/α-hetero) is 1. The van der Waals surface area contributed by atoms with Gasteiger partial charge in [-0.3, -0.25) is 14.4 Å². The molecule has 2 amide bonds. The highest BCUT2D eigenvalue weighted by Crippen LogP contribution is 2.27. The number of rotatable bonds is 6. The van der Waals surface area contributed by atoms with Crippen LogP contribution in [0.4, 0.5) is 5.13 Å². The number of thiophene rings is 1. The number of ketones is 1. The molecular formula is C21H22N4O3S2. The van der Waals surface area contributed by atoms with E-state index in [-0.39, 0.29) is 30.4 Å². The Hall–Kier alpha value is -2.62. The van der Waals surface area contributed by atoms with E-state index in [1.807, 2.05) is 28.5 Å². The normalized spacial score (nSPS) is 14.8. The zero-order valence-corrected chi connectivity index (χ0v) is 18.2. The highest BCUT2D eigenvalue weighted by molar-refractivity contribution is 7.22. The van der Waals surface area contributed by atoms with Gasteiger partial charge in [-0.1, -0.05) is 17.4 Å². The van der Waals surface area contributed by atoms with E-state index in [1.165, 1.54) is 22.7 Å². The van der Waals surface area contributed by atoms with Gasteiger partial charge >= 0.3 is 0 Å². The van der Waals surface area contributed by atoms with Crippen LogP contribution in [0, 0.1) is 0 Å². The molecule has 3 aromatic rings. The van der Waals surface area contributed by atoms with E-state index < -0.39 is 0 Å². The number of anilines is 1. The predicted molar refractivity (Wildman–Crippen MR) is 120 cm³/mol. The molecule has 1 saturated heterocycles. The number of nitrogens with zero attached hydrogens (tertiary/aromatic N) is 3. The quantitative estimate of drug-likeness (QED) is 0.592. The van der Waals surface area contributed by atoms with Crippen molar-refractivity contribution in [1.82, 2.24) is 14.8 Å². The largest absolute Gasteiger partial charge is 0.336 e. The molecule has 2 aromatic heterocycles. The minimum atomic E-state index is -0.243. The molecule has 1 aromatic carbocycles. The van der Waals surface area contributed by atoms with Crippen molar-refractivity contribution < 1.29 is 14.4 Å². The molecule has 0 unspecified atom stereocenters. The SMILES string of the molecule is CN1CCN(C(=O)c2ccc3nc(NC(=O)CCC(=O)c4cccs4)sc3c2)CC1. The Kier molecular flexibility index (Phi) is 6.21. The molecule has 0 radical (unpaired) electrons. The zero-order valence-electron chi connectivity index (χ0n) is 16.6. The van der Waals surface area contributed by atoms with E-state index in [4.69, 9.17) is 0 Å². The first-order valence-electron chi connectivity index (χ1n) is 9.74. The summed E-state index contributed by atoms with van der Waals surface area (Å²) in [6.07, 6.45) is 0.278. The molecule has 9 heteroatoms. The van der Waals surface area contributed by atoms with E-state index in [2.05, 4.69) is 22.2 Å². The standard InChI is InChI=1S/C21H22N4O3S2/c1-24-8-10-25(11-9-24)20(28)14-4-5-15-18(13-14)30-21(22-15)23-19(27)7-6-16(26)17-3-2-12-29-17/h2-5,12-13H,6-11H2,1H3,(H,22,23,27). The van der Waals surface area contributed by atoms with Crippen LogP contribution in [-0.2, 0) is 4.79 Å². The highest BCUT2D eigenvalue weighted by Gasteiger charge is 2.21. The van der Waals surface area contributed by atoms with Crippen molar-refractivity contribution in [2.24, 2.45) is 0 Å². The van der Waals surface area contributed by atoms with E-state index in [0.717, 1.165) is 36.4 Å². The topological polar surface area (TPSA) is 82.6 Å². The molecule has 4 rings (SSSR count). The number of fused-ring (bicyclic) bond motifs is 1. The zero-order chi connectivity index (χ0) is 21.1. The summed E-state index contributed by atoms with van der Waals surface area (Å²) in [4.78, 5) is 46.2. The second kappa shape index (κ2) is 9.03. The number of carbonyl (C=O) groups excluding carboxylic acids is 3. The van der Waals surface area contributed by atoms with Crippen LogP contribution in [0.1, 0.15) is 32.9 Å². The average molecular weight is 443 g/mol. The first-order chi connectivity index (χ1) is 14.5. The minimum absolute atomic E-state index is 0.0241. The summed E-state index contributed by atoms with van der Waals surface area (Å²) in [5.41, 5.74) is 1.37. The first kappa shape index (κ1) is 20.6. The predicted octanol–water partition coefficient (Wildman–Crippen LogP) is 3.35. The van der Waals surface area contributed by atoms with Crippen LogP contribution in [0.25, 0.3) is 10.2 Å². The maximum Gasteiger partial charge on any atom is 0.253 e. The minimum Gasteiger partial charge on any atom is -0.336 e. The third-order valence-corrected chi connectivity index (χ3v) is 6.89. The molecule has 7 nitrogen and oxygen atoms in total. The number of likely N-dealkylation sites (N-methyl/N-ethyl adjacent to an activating group) is 1. The highest BCUT2D eigenvalue weighted by atomic mass is 32.1. The first-order valence-corrected chi connectivity index (χ1v) is 11.4. The van der Waals surface area contributed by atoms with Crippen LogP contribution in [0.5, 0.6) is 0 Å². The Labute approximate surface area is 182 Å². The number of aromatic nitrogens is 1. The van der Waals surface area contributed by atoms with Gasteiger partial charge in [-0.2, -0.15) is 0 Å². The Balaban J connectivity index is 1.38. The van der Waals surface area contributed by atoms with Crippen molar-refractivity contribution in [2.45, 2.75) is 12.8 Å². The molecule has 0 aliphatic carbocycles. The van der Waals surface area contributed by atoms with Crippen LogP contribution in [0.2, 0.25) is 0 Å². The third-order valence-electron chi connectivity index (χ3n) is 5.05. The van der Waals surface area contributed by atoms with Crippen molar-refractivity contribution >= 4 is 55.6 Å². The lowest BCUT2D eigenvalue weighted by Crippen LogP contribution is -2.47. The number of carbonyl (C=O) groups is 3. The summed E-state index contributed by atoms with van der Waals surface area (Å²) in [5.74, 6) is -0.250. The number of nitrogens with one attached hydrogen (secondary N) is 1. The second-order valence-corrected chi connectivity index (χ2v) is 9.22. The van der Waals surface area contributed by atoms with E-state index in [0.29, 0.717) is 15.6 Å². The number of piperazine rings is 1. The van der Waals surface area contributed by atoms with Crippen LogP contribution in [0.3, 0.4) is 0 Å².